The van der Waals surface area contributed by atoms with Gasteiger partial charge in [0.1, 0.15) is 18.2 Å². The van der Waals surface area contributed by atoms with Crippen LogP contribution in [0.3, 0.4) is 0 Å². The van der Waals surface area contributed by atoms with Crippen molar-refractivity contribution >= 4 is 23.5 Å². The lowest BCUT2D eigenvalue weighted by Crippen LogP contribution is -2.18. The molecule has 0 aliphatic carbocycles. The van der Waals surface area contributed by atoms with E-state index in [0.29, 0.717) is 23.7 Å². The monoisotopic (exact) mass is 423 g/mol. The Kier molecular flexibility index (Phi) is 5.99. The zero-order chi connectivity index (χ0) is 21.1. The highest BCUT2D eigenvalue weighted by Crippen LogP contribution is 2.40. The second-order valence-corrected chi connectivity index (χ2v) is 8.51. The molecular weight excluding hydrogens is 398 g/mol. The van der Waals surface area contributed by atoms with E-state index < -0.39 is 0 Å². The topological polar surface area (TPSA) is 76.1 Å². The van der Waals surface area contributed by atoms with Gasteiger partial charge in [-0.1, -0.05) is 49.4 Å². The Bertz CT molecular complexity index is 1070. The number of carbonyl (C=O) groups excluding carboxylic acids is 1. The molecule has 1 aliphatic heterocycles. The molecule has 0 saturated carbocycles. The summed E-state index contributed by atoms with van der Waals surface area (Å²) in [7, 11) is 0. The molecule has 0 radical (unpaired) electrons. The van der Waals surface area contributed by atoms with Crippen LogP contribution in [0.25, 0.3) is 0 Å². The van der Waals surface area contributed by atoms with Gasteiger partial charge in [-0.15, -0.1) is 11.8 Å². The van der Waals surface area contributed by atoms with E-state index in [2.05, 4.69) is 10.4 Å². The summed E-state index contributed by atoms with van der Waals surface area (Å²) < 4.78 is 7.66. The van der Waals surface area contributed by atoms with Crippen LogP contribution >= 0.6 is 11.8 Å². The van der Waals surface area contributed by atoms with Crippen LogP contribution in [-0.4, -0.2) is 21.4 Å². The molecule has 2 atom stereocenters. The van der Waals surface area contributed by atoms with Crippen molar-refractivity contribution in [1.82, 2.24) is 9.78 Å². The molecule has 4 rings (SSSR count). The molecule has 7 heteroatoms. The second kappa shape index (κ2) is 8.83. The third-order valence-corrected chi connectivity index (χ3v) is 6.60. The molecule has 6 nitrogen and oxygen atoms in total. The number of amides is 1. The standard InChI is InChI=1S/C23H25N3O3S/c1-3-15(2)26-22-20(23(28)25-26)21(30-14-19(27)24-22)17-9-11-18(12-10-17)29-13-16-7-5-4-6-8-16/h4-12,15,21H,3,13-14H2,1-2H3,(H,24,27)(H,25,28)/t15-,21-/m0/s1. The van der Waals surface area contributed by atoms with Crippen molar-refractivity contribution in [3.05, 3.63) is 81.6 Å². The van der Waals surface area contributed by atoms with Crippen molar-refractivity contribution in [3.63, 3.8) is 0 Å². The summed E-state index contributed by atoms with van der Waals surface area (Å²) in [5.74, 6) is 1.55. The van der Waals surface area contributed by atoms with Gasteiger partial charge in [-0.3, -0.25) is 19.4 Å². The maximum atomic E-state index is 12.8. The molecule has 0 unspecified atom stereocenters. The van der Waals surface area contributed by atoms with E-state index in [9.17, 15) is 9.59 Å². The van der Waals surface area contributed by atoms with Crippen LogP contribution < -0.4 is 15.6 Å². The number of rotatable bonds is 6. The molecule has 0 fully saturated rings. The second-order valence-electron chi connectivity index (χ2n) is 7.41. The van der Waals surface area contributed by atoms with Gasteiger partial charge >= 0.3 is 0 Å². The number of aromatic nitrogens is 2. The van der Waals surface area contributed by atoms with Crippen LogP contribution in [0.4, 0.5) is 5.82 Å². The zero-order valence-corrected chi connectivity index (χ0v) is 17.9. The van der Waals surface area contributed by atoms with Crippen molar-refractivity contribution in [1.29, 1.82) is 0 Å². The minimum Gasteiger partial charge on any atom is -0.489 e. The van der Waals surface area contributed by atoms with E-state index in [4.69, 9.17) is 4.74 Å². The predicted molar refractivity (Wildman–Crippen MR) is 120 cm³/mol. The minimum atomic E-state index is -0.226. The number of H-pyrrole nitrogens is 1. The average molecular weight is 424 g/mol. The van der Waals surface area contributed by atoms with Crippen LogP contribution in [-0.2, 0) is 11.4 Å². The fraction of sp³-hybridized carbons (Fsp3) is 0.304. The number of carbonyl (C=O) groups is 1. The molecule has 2 aromatic carbocycles. The molecule has 30 heavy (non-hydrogen) atoms. The van der Waals surface area contributed by atoms with Crippen molar-refractivity contribution in [2.24, 2.45) is 0 Å². The molecule has 0 saturated heterocycles. The minimum absolute atomic E-state index is 0.0827. The highest BCUT2D eigenvalue weighted by Gasteiger charge is 2.31. The van der Waals surface area contributed by atoms with E-state index in [1.807, 2.05) is 68.4 Å². The van der Waals surface area contributed by atoms with Crippen molar-refractivity contribution in [3.8, 4) is 5.75 Å². The highest BCUT2D eigenvalue weighted by atomic mass is 32.2. The van der Waals surface area contributed by atoms with Gasteiger partial charge in [-0.05, 0) is 36.6 Å². The largest absolute Gasteiger partial charge is 0.489 e. The lowest BCUT2D eigenvalue weighted by molar-refractivity contribution is -0.113. The summed E-state index contributed by atoms with van der Waals surface area (Å²) in [6.07, 6.45) is 0.845. The number of hydrogen-bond donors (Lipinski definition) is 2. The summed E-state index contributed by atoms with van der Waals surface area (Å²) in [6, 6.07) is 17.9. The SMILES string of the molecule is CC[C@H](C)n1[nH]c(=O)c2c1NC(=O)CS[C@H]2c1ccc(OCc2ccccc2)cc1. The van der Waals surface area contributed by atoms with Gasteiger partial charge in [0, 0.05) is 6.04 Å². The van der Waals surface area contributed by atoms with Crippen LogP contribution in [0.15, 0.2) is 59.4 Å². The smallest absolute Gasteiger partial charge is 0.270 e. The summed E-state index contributed by atoms with van der Waals surface area (Å²) >= 11 is 1.46. The van der Waals surface area contributed by atoms with Gasteiger partial charge in [0.25, 0.3) is 5.56 Å². The van der Waals surface area contributed by atoms with Gasteiger partial charge in [0.2, 0.25) is 5.91 Å². The van der Waals surface area contributed by atoms with E-state index in [0.717, 1.165) is 23.3 Å². The Labute approximate surface area is 179 Å². The van der Waals surface area contributed by atoms with E-state index in [-0.39, 0.29) is 22.8 Å². The van der Waals surface area contributed by atoms with Crippen LogP contribution in [0, 0.1) is 0 Å². The van der Waals surface area contributed by atoms with E-state index in [1.54, 1.807) is 4.68 Å². The van der Waals surface area contributed by atoms with Gasteiger partial charge in [-0.2, -0.15) is 0 Å². The lowest BCUT2D eigenvalue weighted by atomic mass is 10.1. The highest BCUT2D eigenvalue weighted by molar-refractivity contribution is 8.00. The number of nitrogens with zero attached hydrogens (tertiary/aromatic N) is 1. The van der Waals surface area contributed by atoms with E-state index >= 15 is 0 Å². The van der Waals surface area contributed by atoms with Gasteiger partial charge in [0.05, 0.1) is 16.6 Å². The summed E-state index contributed by atoms with van der Waals surface area (Å²) in [5, 5.41) is 5.61. The van der Waals surface area contributed by atoms with Crippen molar-refractivity contribution in [2.45, 2.75) is 38.2 Å². The number of nitrogens with one attached hydrogen (secondary N) is 2. The number of aromatic amines is 1. The summed E-state index contributed by atoms with van der Waals surface area (Å²) in [5.41, 5.74) is 2.52. The molecule has 1 aliphatic rings. The normalized spacial score (nSPS) is 17.0. The van der Waals surface area contributed by atoms with E-state index in [1.165, 1.54) is 11.8 Å². The zero-order valence-electron chi connectivity index (χ0n) is 17.1. The first-order chi connectivity index (χ1) is 14.6. The molecule has 156 valence electrons. The third-order valence-electron chi connectivity index (χ3n) is 5.33. The predicted octanol–water partition coefficient (Wildman–Crippen LogP) is 4.50. The molecule has 3 aromatic rings. The Morgan fingerprint density at radius 1 is 1.13 bits per heavy atom. The van der Waals surface area contributed by atoms with Crippen LogP contribution in [0.2, 0.25) is 0 Å². The molecule has 1 aromatic heterocycles. The molecule has 2 N–H and O–H groups in total. The molecule has 1 amide bonds. The average Bonchev–Trinajstić information content (AvgIpc) is 2.98. The molecule has 0 spiro atoms. The fourth-order valence-electron chi connectivity index (χ4n) is 3.50. The number of hydrogen-bond acceptors (Lipinski definition) is 4. The van der Waals surface area contributed by atoms with Crippen molar-refractivity contribution in [2.75, 3.05) is 11.1 Å². The number of anilines is 1. The Balaban J connectivity index is 1.60. The summed E-state index contributed by atoms with van der Waals surface area (Å²) in [6.45, 7) is 4.57. The maximum Gasteiger partial charge on any atom is 0.270 e. The van der Waals surface area contributed by atoms with Gasteiger partial charge in [-0.25, -0.2) is 0 Å². The Morgan fingerprint density at radius 2 is 1.87 bits per heavy atom. The third kappa shape index (κ3) is 4.16. The van der Waals surface area contributed by atoms with Gasteiger partial charge < -0.3 is 10.1 Å². The van der Waals surface area contributed by atoms with Crippen molar-refractivity contribution < 1.29 is 9.53 Å². The first-order valence-electron chi connectivity index (χ1n) is 10.1. The number of benzene rings is 2. The molecule has 2 heterocycles. The molecular formula is C23H25N3O3S. The first-order valence-corrected chi connectivity index (χ1v) is 11.1. The lowest BCUT2D eigenvalue weighted by Gasteiger charge is -2.16. The molecule has 0 bridgehead atoms. The number of thioether (sulfide) groups is 1. The quantitative estimate of drug-likeness (QED) is 0.612. The Hall–Kier alpha value is -2.93. The fourth-order valence-corrected chi connectivity index (χ4v) is 4.63. The summed E-state index contributed by atoms with van der Waals surface area (Å²) in [4.78, 5) is 25.1. The Morgan fingerprint density at radius 3 is 2.57 bits per heavy atom. The van der Waals surface area contributed by atoms with Crippen LogP contribution in [0.1, 0.15) is 48.3 Å². The van der Waals surface area contributed by atoms with Gasteiger partial charge in [0.15, 0.2) is 0 Å². The number of ether oxygens (including phenoxy) is 1. The first kappa shape index (κ1) is 20.3. The number of fused-ring (bicyclic) bond motifs is 1. The van der Waals surface area contributed by atoms with Crippen LogP contribution in [0.5, 0.6) is 5.75 Å². The maximum absolute atomic E-state index is 12.8.